The smallest absolute Gasteiger partial charge is 0.305 e. The van der Waals surface area contributed by atoms with Crippen LogP contribution in [0.15, 0.2) is 23.2 Å². The zero-order valence-electron chi connectivity index (χ0n) is 9.46. The molecule has 0 amide bonds. The maximum atomic E-state index is 12.7. The van der Waals surface area contributed by atoms with Gasteiger partial charge < -0.3 is 5.32 Å². The van der Waals surface area contributed by atoms with Crippen LogP contribution in [0.2, 0.25) is 0 Å². The number of imidazole rings is 1. The van der Waals surface area contributed by atoms with E-state index in [1.807, 2.05) is 0 Å². The molecule has 104 valence electrons. The quantitative estimate of drug-likeness (QED) is 0.850. The second kappa shape index (κ2) is 5.41. The number of aromatic nitrogens is 3. The van der Waals surface area contributed by atoms with Crippen LogP contribution >= 0.6 is 15.9 Å². The molecule has 0 aliphatic rings. The Morgan fingerprint density at radius 1 is 1.32 bits per heavy atom. The molecule has 0 saturated heterocycles. The van der Waals surface area contributed by atoms with Crippen molar-refractivity contribution in [1.82, 2.24) is 19.7 Å². The van der Waals surface area contributed by atoms with E-state index < -0.39 is 18.9 Å². The molecule has 0 atom stereocenters. The third-order valence-corrected chi connectivity index (χ3v) is 2.84. The third kappa shape index (κ3) is 3.21. The predicted octanol–water partition coefficient (Wildman–Crippen LogP) is 2.48. The van der Waals surface area contributed by atoms with Crippen LogP contribution in [0.3, 0.4) is 0 Å². The van der Waals surface area contributed by atoms with E-state index in [2.05, 4.69) is 31.2 Å². The highest BCUT2D eigenvalue weighted by Crippen LogP contribution is 2.21. The highest BCUT2D eigenvalue weighted by molar-refractivity contribution is 9.10. The van der Waals surface area contributed by atoms with Crippen LogP contribution in [-0.2, 0) is 6.54 Å². The molecule has 2 heterocycles. The minimum Gasteiger partial charge on any atom is -0.305 e. The van der Waals surface area contributed by atoms with Gasteiger partial charge in [-0.25, -0.2) is 18.7 Å². The van der Waals surface area contributed by atoms with E-state index in [1.54, 1.807) is 10.6 Å². The van der Waals surface area contributed by atoms with Gasteiger partial charge in [0.1, 0.15) is 4.60 Å². The summed E-state index contributed by atoms with van der Waals surface area (Å²) in [6.45, 7) is -1.09. The third-order valence-electron chi connectivity index (χ3n) is 2.43. The molecule has 19 heavy (non-hydrogen) atoms. The van der Waals surface area contributed by atoms with Gasteiger partial charge in [0.2, 0.25) is 0 Å². The van der Waals surface area contributed by atoms with E-state index in [9.17, 15) is 17.6 Å². The minimum atomic E-state index is -4.04. The summed E-state index contributed by atoms with van der Waals surface area (Å²) < 4.78 is 51.5. The summed E-state index contributed by atoms with van der Waals surface area (Å²) in [5.74, 6) is -4.04. The zero-order valence-corrected chi connectivity index (χ0v) is 11.0. The summed E-state index contributed by atoms with van der Waals surface area (Å²) in [6, 6.07) is 0. The number of halogens is 5. The Labute approximate surface area is 114 Å². The van der Waals surface area contributed by atoms with Crippen LogP contribution in [0.5, 0.6) is 0 Å². The Balaban J connectivity index is 2.04. The summed E-state index contributed by atoms with van der Waals surface area (Å²) in [4.78, 5) is 7.97. The standard InChI is InChI=1S/C10H9BrF4N4/c11-7-4-19-6(2-18-8(19)3-17-7)1-16-5-10(14,15)9(12)13/h2-4,9,16H,1,5H2. The summed E-state index contributed by atoms with van der Waals surface area (Å²) in [5.41, 5.74) is 1.11. The fourth-order valence-corrected chi connectivity index (χ4v) is 1.79. The van der Waals surface area contributed by atoms with Crippen LogP contribution in [0, 0.1) is 0 Å². The predicted molar refractivity (Wildman–Crippen MR) is 63.3 cm³/mol. The van der Waals surface area contributed by atoms with E-state index in [4.69, 9.17) is 0 Å². The van der Waals surface area contributed by atoms with E-state index in [0.717, 1.165) is 0 Å². The largest absolute Gasteiger partial charge is 0.319 e. The van der Waals surface area contributed by atoms with Crippen LogP contribution < -0.4 is 5.32 Å². The number of hydrogen-bond donors (Lipinski definition) is 1. The van der Waals surface area contributed by atoms with Gasteiger partial charge in [-0.2, -0.15) is 8.78 Å². The Bertz CT molecular complexity index is 572. The first-order valence-corrected chi connectivity index (χ1v) is 6.03. The van der Waals surface area contributed by atoms with Crippen LogP contribution in [0.4, 0.5) is 17.6 Å². The number of nitrogens with one attached hydrogen (secondary N) is 1. The number of nitrogens with zero attached hydrogens (tertiary/aromatic N) is 3. The van der Waals surface area contributed by atoms with Gasteiger partial charge in [-0.3, -0.25) is 4.40 Å². The van der Waals surface area contributed by atoms with Crippen molar-refractivity contribution >= 4 is 21.6 Å². The second-order valence-electron chi connectivity index (χ2n) is 3.85. The van der Waals surface area contributed by atoms with E-state index in [0.29, 0.717) is 15.9 Å². The first-order chi connectivity index (χ1) is 8.90. The number of alkyl halides is 4. The molecule has 0 aromatic carbocycles. The minimum absolute atomic E-state index is 0.0000694. The van der Waals surface area contributed by atoms with Crippen LogP contribution in [0.25, 0.3) is 5.65 Å². The highest BCUT2D eigenvalue weighted by atomic mass is 79.9. The molecule has 9 heteroatoms. The van der Waals surface area contributed by atoms with Gasteiger partial charge in [0.15, 0.2) is 5.65 Å². The summed E-state index contributed by atoms with van der Waals surface area (Å²) >= 11 is 3.17. The van der Waals surface area contributed by atoms with Crippen molar-refractivity contribution in [3.63, 3.8) is 0 Å². The van der Waals surface area contributed by atoms with Crippen molar-refractivity contribution in [2.45, 2.75) is 18.9 Å². The Kier molecular flexibility index (Phi) is 4.04. The first kappa shape index (κ1) is 14.2. The Hall–Kier alpha value is -1.22. The van der Waals surface area contributed by atoms with Gasteiger partial charge in [0.25, 0.3) is 0 Å². The van der Waals surface area contributed by atoms with Gasteiger partial charge in [-0.15, -0.1) is 0 Å². The summed E-state index contributed by atoms with van der Waals surface area (Å²) in [5, 5.41) is 2.29. The molecule has 0 spiro atoms. The normalized spacial score (nSPS) is 12.5. The molecule has 0 unspecified atom stereocenters. The maximum Gasteiger partial charge on any atom is 0.319 e. The molecule has 2 aromatic rings. The number of hydrogen-bond acceptors (Lipinski definition) is 3. The van der Waals surface area contributed by atoms with Crippen LogP contribution in [-0.4, -0.2) is 33.3 Å². The lowest BCUT2D eigenvalue weighted by atomic mass is 10.3. The van der Waals surface area contributed by atoms with Crippen molar-refractivity contribution in [2.75, 3.05) is 6.54 Å². The summed E-state index contributed by atoms with van der Waals surface area (Å²) in [7, 11) is 0. The molecular weight excluding hydrogens is 332 g/mol. The van der Waals surface area contributed by atoms with Gasteiger partial charge in [0, 0.05) is 12.7 Å². The average molecular weight is 341 g/mol. The summed E-state index contributed by atoms with van der Waals surface area (Å²) in [6.07, 6.45) is 0.906. The van der Waals surface area contributed by atoms with E-state index in [-0.39, 0.29) is 6.54 Å². The van der Waals surface area contributed by atoms with Crippen molar-refractivity contribution in [1.29, 1.82) is 0 Å². The van der Waals surface area contributed by atoms with Crippen LogP contribution in [0.1, 0.15) is 5.69 Å². The number of fused-ring (bicyclic) bond motifs is 1. The monoisotopic (exact) mass is 340 g/mol. The second-order valence-corrected chi connectivity index (χ2v) is 4.67. The fraction of sp³-hybridized carbons (Fsp3) is 0.400. The molecule has 0 saturated carbocycles. The molecule has 0 bridgehead atoms. The van der Waals surface area contributed by atoms with Crippen molar-refractivity contribution in [3.8, 4) is 0 Å². The Morgan fingerprint density at radius 2 is 2.05 bits per heavy atom. The number of rotatable bonds is 5. The van der Waals surface area contributed by atoms with Gasteiger partial charge >= 0.3 is 12.3 Å². The molecule has 0 fully saturated rings. The lowest BCUT2D eigenvalue weighted by molar-refractivity contribution is -0.125. The topological polar surface area (TPSA) is 42.2 Å². The molecule has 2 rings (SSSR count). The fourth-order valence-electron chi connectivity index (χ4n) is 1.48. The average Bonchev–Trinajstić information content (AvgIpc) is 2.71. The first-order valence-electron chi connectivity index (χ1n) is 5.24. The lowest BCUT2D eigenvalue weighted by Gasteiger charge is -2.15. The SMILES string of the molecule is FC(F)C(F)(F)CNCc1cnc2cnc(Br)cn12. The molecule has 0 radical (unpaired) electrons. The zero-order chi connectivity index (χ0) is 14.0. The molecule has 4 nitrogen and oxygen atoms in total. The molecular formula is C10H9BrF4N4. The van der Waals surface area contributed by atoms with Crippen molar-refractivity contribution < 1.29 is 17.6 Å². The highest BCUT2D eigenvalue weighted by Gasteiger charge is 2.40. The van der Waals surface area contributed by atoms with Crippen molar-refractivity contribution in [2.24, 2.45) is 0 Å². The molecule has 0 aliphatic heterocycles. The Morgan fingerprint density at radius 3 is 2.74 bits per heavy atom. The molecule has 0 aliphatic carbocycles. The van der Waals surface area contributed by atoms with E-state index >= 15 is 0 Å². The lowest BCUT2D eigenvalue weighted by Crippen LogP contribution is -2.38. The van der Waals surface area contributed by atoms with Crippen molar-refractivity contribution in [3.05, 3.63) is 28.9 Å². The van der Waals surface area contributed by atoms with E-state index in [1.165, 1.54) is 12.4 Å². The van der Waals surface area contributed by atoms with Gasteiger partial charge in [-0.1, -0.05) is 0 Å². The molecule has 2 aromatic heterocycles. The molecule has 1 N–H and O–H groups in total. The van der Waals surface area contributed by atoms with Gasteiger partial charge in [0.05, 0.1) is 24.6 Å². The van der Waals surface area contributed by atoms with Gasteiger partial charge in [-0.05, 0) is 15.9 Å². The maximum absolute atomic E-state index is 12.7.